The van der Waals surface area contributed by atoms with Crippen molar-refractivity contribution in [3.8, 4) is 0 Å². The van der Waals surface area contributed by atoms with Crippen LogP contribution in [0.15, 0.2) is 23.1 Å². The van der Waals surface area contributed by atoms with E-state index in [1.165, 1.54) is 4.90 Å². The molecule has 0 aromatic heterocycles. The zero-order valence-electron chi connectivity index (χ0n) is 10.3. The minimum absolute atomic E-state index is 0.205. The number of hydrogen-bond acceptors (Lipinski definition) is 3. The molecule has 1 unspecified atom stereocenters. The predicted octanol–water partition coefficient (Wildman–Crippen LogP) is 2.24. The van der Waals surface area contributed by atoms with Crippen molar-refractivity contribution in [1.29, 1.82) is 0 Å². The fourth-order valence-corrected chi connectivity index (χ4v) is 3.21. The molecule has 1 amide bonds. The number of carbonyl (C=O) groups excluding carboxylic acids is 1. The van der Waals surface area contributed by atoms with Gasteiger partial charge in [-0.05, 0) is 30.5 Å². The molecule has 1 aromatic rings. The summed E-state index contributed by atoms with van der Waals surface area (Å²) in [6.45, 7) is 3.08. The van der Waals surface area contributed by atoms with E-state index < -0.39 is 20.8 Å². The largest absolute Gasteiger partial charge is 0.338 e. The highest BCUT2D eigenvalue weighted by Gasteiger charge is 2.28. The highest BCUT2D eigenvalue weighted by molar-refractivity contribution is 8.13. The third-order valence-corrected chi connectivity index (χ3v) is 4.53. The minimum atomic E-state index is -4.08. The van der Waals surface area contributed by atoms with Crippen molar-refractivity contribution in [3.63, 3.8) is 0 Å². The van der Waals surface area contributed by atoms with Gasteiger partial charge in [0.1, 0.15) is 5.82 Å². The molecule has 4 nitrogen and oxygen atoms in total. The number of rotatable bonds is 2. The monoisotopic (exact) mass is 305 g/mol. The maximum Gasteiger partial charge on any atom is 0.262 e. The Morgan fingerprint density at radius 2 is 2.16 bits per heavy atom. The molecule has 1 fully saturated rings. The van der Waals surface area contributed by atoms with Gasteiger partial charge in [-0.15, -0.1) is 0 Å². The Bertz CT molecular complexity index is 617. The van der Waals surface area contributed by atoms with E-state index in [0.717, 1.165) is 24.6 Å². The van der Waals surface area contributed by atoms with Gasteiger partial charge in [0.25, 0.3) is 15.0 Å². The molecule has 0 spiro atoms. The van der Waals surface area contributed by atoms with Crippen LogP contribution in [0.2, 0.25) is 0 Å². The summed E-state index contributed by atoms with van der Waals surface area (Å²) in [6, 6.07) is 2.91. The molecule has 0 N–H and O–H groups in total. The normalized spacial score (nSPS) is 19.7. The summed E-state index contributed by atoms with van der Waals surface area (Å²) in [5.74, 6) is -0.809. The van der Waals surface area contributed by atoms with E-state index >= 15 is 0 Å². The topological polar surface area (TPSA) is 54.5 Å². The Morgan fingerprint density at radius 1 is 1.47 bits per heavy atom. The van der Waals surface area contributed by atoms with Gasteiger partial charge in [-0.1, -0.05) is 6.92 Å². The van der Waals surface area contributed by atoms with E-state index in [1.54, 1.807) is 0 Å². The first kappa shape index (κ1) is 14.3. The molecule has 19 heavy (non-hydrogen) atoms. The molecule has 1 heterocycles. The van der Waals surface area contributed by atoms with Crippen LogP contribution < -0.4 is 0 Å². The van der Waals surface area contributed by atoms with Gasteiger partial charge in [-0.25, -0.2) is 12.8 Å². The van der Waals surface area contributed by atoms with Crippen molar-refractivity contribution in [3.05, 3.63) is 29.6 Å². The van der Waals surface area contributed by atoms with Crippen LogP contribution in [0.5, 0.6) is 0 Å². The zero-order valence-corrected chi connectivity index (χ0v) is 11.8. The second kappa shape index (κ2) is 5.09. The molecule has 1 atom stereocenters. The Morgan fingerprint density at radius 3 is 2.68 bits per heavy atom. The van der Waals surface area contributed by atoms with Crippen LogP contribution in [0, 0.1) is 11.7 Å². The molecule has 0 radical (unpaired) electrons. The van der Waals surface area contributed by atoms with E-state index in [9.17, 15) is 17.6 Å². The Kier molecular flexibility index (Phi) is 3.82. The quantitative estimate of drug-likeness (QED) is 0.787. The Balaban J connectivity index is 2.43. The van der Waals surface area contributed by atoms with E-state index in [0.29, 0.717) is 19.0 Å². The van der Waals surface area contributed by atoms with Gasteiger partial charge >= 0.3 is 0 Å². The van der Waals surface area contributed by atoms with Crippen LogP contribution in [0.4, 0.5) is 4.39 Å². The average Bonchev–Trinajstić information content (AvgIpc) is 2.73. The second-order valence-electron chi connectivity index (χ2n) is 4.72. The number of hydrogen-bond donors (Lipinski definition) is 0. The third-order valence-electron chi connectivity index (χ3n) is 3.15. The van der Waals surface area contributed by atoms with Crippen LogP contribution >= 0.6 is 10.7 Å². The second-order valence-corrected chi connectivity index (χ2v) is 7.26. The van der Waals surface area contributed by atoms with Crippen molar-refractivity contribution >= 4 is 25.6 Å². The van der Waals surface area contributed by atoms with Crippen LogP contribution in [0.1, 0.15) is 23.7 Å². The van der Waals surface area contributed by atoms with Crippen molar-refractivity contribution in [2.24, 2.45) is 5.92 Å². The van der Waals surface area contributed by atoms with E-state index in [1.807, 2.05) is 6.92 Å². The lowest BCUT2D eigenvalue weighted by Gasteiger charge is -2.17. The van der Waals surface area contributed by atoms with Gasteiger partial charge in [0, 0.05) is 23.8 Å². The summed E-state index contributed by atoms with van der Waals surface area (Å²) in [4.78, 5) is 13.4. The van der Waals surface area contributed by atoms with Gasteiger partial charge in [0.05, 0.1) is 10.5 Å². The van der Waals surface area contributed by atoms with Crippen molar-refractivity contribution in [2.75, 3.05) is 13.1 Å². The van der Waals surface area contributed by atoms with Crippen LogP contribution in [-0.4, -0.2) is 32.3 Å². The number of likely N-dealkylation sites (tertiary alicyclic amines) is 1. The SMILES string of the molecule is CC1CCN(C(=O)c2cc(F)ccc2S(=O)(=O)Cl)C1. The fourth-order valence-electron chi connectivity index (χ4n) is 2.17. The zero-order chi connectivity index (χ0) is 14.2. The van der Waals surface area contributed by atoms with Crippen LogP contribution in [0.3, 0.4) is 0 Å². The number of carbonyl (C=O) groups is 1. The summed E-state index contributed by atoms with van der Waals surface area (Å²) in [5, 5.41) is 0. The third kappa shape index (κ3) is 3.06. The smallest absolute Gasteiger partial charge is 0.262 e. The first-order valence-electron chi connectivity index (χ1n) is 5.82. The fraction of sp³-hybridized carbons (Fsp3) is 0.417. The summed E-state index contributed by atoms with van der Waals surface area (Å²) < 4.78 is 36.1. The van der Waals surface area contributed by atoms with Crippen LogP contribution in [0.25, 0.3) is 0 Å². The van der Waals surface area contributed by atoms with Gasteiger partial charge in [0.2, 0.25) is 0 Å². The van der Waals surface area contributed by atoms with E-state index in [4.69, 9.17) is 10.7 Å². The number of nitrogens with zero attached hydrogens (tertiary/aromatic N) is 1. The lowest BCUT2D eigenvalue weighted by Crippen LogP contribution is -2.29. The molecule has 1 aliphatic rings. The highest BCUT2D eigenvalue weighted by atomic mass is 35.7. The van der Waals surface area contributed by atoms with Crippen LogP contribution in [-0.2, 0) is 9.05 Å². The molecule has 104 valence electrons. The van der Waals surface area contributed by atoms with Gasteiger partial charge in [-0.3, -0.25) is 4.79 Å². The summed E-state index contributed by atoms with van der Waals surface area (Å²) in [6.07, 6.45) is 0.851. The lowest BCUT2D eigenvalue weighted by atomic mass is 10.1. The molecule has 0 saturated carbocycles. The number of amides is 1. The van der Waals surface area contributed by atoms with Crippen molar-refractivity contribution in [2.45, 2.75) is 18.2 Å². The van der Waals surface area contributed by atoms with E-state index in [-0.39, 0.29) is 10.5 Å². The molecular formula is C12H13ClFNO3S. The summed E-state index contributed by atoms with van der Waals surface area (Å²) in [7, 11) is 1.19. The summed E-state index contributed by atoms with van der Waals surface area (Å²) in [5.41, 5.74) is -0.205. The predicted molar refractivity (Wildman–Crippen MR) is 69.1 cm³/mol. The van der Waals surface area contributed by atoms with Gasteiger partial charge in [0.15, 0.2) is 0 Å². The molecule has 2 rings (SSSR count). The molecule has 1 aromatic carbocycles. The minimum Gasteiger partial charge on any atom is -0.338 e. The van der Waals surface area contributed by atoms with Gasteiger partial charge in [-0.2, -0.15) is 0 Å². The van der Waals surface area contributed by atoms with Crippen molar-refractivity contribution < 1.29 is 17.6 Å². The molecule has 1 aliphatic heterocycles. The van der Waals surface area contributed by atoms with Gasteiger partial charge < -0.3 is 4.90 Å². The number of benzene rings is 1. The molecule has 1 saturated heterocycles. The Labute approximate surface area is 115 Å². The lowest BCUT2D eigenvalue weighted by molar-refractivity contribution is 0.0784. The first-order valence-corrected chi connectivity index (χ1v) is 8.13. The molecular weight excluding hydrogens is 293 g/mol. The van der Waals surface area contributed by atoms with Crippen molar-refractivity contribution in [1.82, 2.24) is 4.90 Å². The Hall–Kier alpha value is -1.14. The molecule has 7 heteroatoms. The maximum atomic E-state index is 13.3. The summed E-state index contributed by atoms with van der Waals surface area (Å²) >= 11 is 0. The average molecular weight is 306 g/mol. The standard InChI is InChI=1S/C12H13ClFNO3S/c1-8-4-5-15(7-8)12(16)10-6-9(14)2-3-11(10)19(13,17)18/h2-3,6,8H,4-5,7H2,1H3. The highest BCUT2D eigenvalue weighted by Crippen LogP contribution is 2.25. The van der Waals surface area contributed by atoms with E-state index in [2.05, 4.69) is 0 Å². The maximum absolute atomic E-state index is 13.3. The first-order chi connectivity index (χ1) is 8.79. The number of halogens is 2. The molecule has 0 aliphatic carbocycles. The molecule has 0 bridgehead atoms.